The molecule has 4 nitrogen and oxygen atoms in total. The average Bonchev–Trinajstić information content (AvgIpc) is 2.99. The number of ether oxygens (including phenoxy) is 2. The molecule has 3 aromatic rings. The SMILES string of the molecule is O[C@@H](c1ccccc1)c1nccc2cc3c(cc12)OCO3. The first-order chi connectivity index (χ1) is 10.3. The van der Waals surface area contributed by atoms with E-state index in [-0.39, 0.29) is 6.79 Å². The van der Waals surface area contributed by atoms with Gasteiger partial charge in [-0.1, -0.05) is 30.3 Å². The van der Waals surface area contributed by atoms with Gasteiger partial charge in [0.2, 0.25) is 6.79 Å². The minimum Gasteiger partial charge on any atom is -0.454 e. The largest absolute Gasteiger partial charge is 0.454 e. The van der Waals surface area contributed by atoms with Crippen LogP contribution in [0.25, 0.3) is 10.8 Å². The smallest absolute Gasteiger partial charge is 0.231 e. The van der Waals surface area contributed by atoms with Crippen LogP contribution in [0.1, 0.15) is 17.4 Å². The number of aliphatic hydroxyl groups excluding tert-OH is 1. The van der Waals surface area contributed by atoms with Crippen molar-refractivity contribution in [2.75, 3.05) is 6.79 Å². The normalized spacial score (nSPS) is 14.3. The lowest BCUT2D eigenvalue weighted by Crippen LogP contribution is -2.03. The Bertz CT molecular complexity index is 802. The Balaban J connectivity index is 1.89. The highest BCUT2D eigenvalue weighted by atomic mass is 16.7. The first-order valence-corrected chi connectivity index (χ1v) is 6.74. The van der Waals surface area contributed by atoms with E-state index in [0.717, 1.165) is 22.1 Å². The van der Waals surface area contributed by atoms with Crippen LogP contribution in [0.5, 0.6) is 11.5 Å². The van der Waals surface area contributed by atoms with Gasteiger partial charge >= 0.3 is 0 Å². The lowest BCUT2D eigenvalue weighted by Gasteiger charge is -2.13. The molecule has 21 heavy (non-hydrogen) atoms. The van der Waals surface area contributed by atoms with E-state index in [9.17, 15) is 5.11 Å². The number of pyridine rings is 1. The van der Waals surface area contributed by atoms with E-state index in [1.54, 1.807) is 6.20 Å². The molecule has 0 saturated carbocycles. The van der Waals surface area contributed by atoms with E-state index in [1.807, 2.05) is 48.5 Å². The van der Waals surface area contributed by atoms with Gasteiger partial charge < -0.3 is 14.6 Å². The summed E-state index contributed by atoms with van der Waals surface area (Å²) in [5.74, 6) is 1.42. The van der Waals surface area contributed by atoms with Crippen molar-refractivity contribution in [2.24, 2.45) is 0 Å². The summed E-state index contributed by atoms with van der Waals surface area (Å²) in [5, 5.41) is 12.4. The lowest BCUT2D eigenvalue weighted by atomic mass is 10.0. The summed E-state index contributed by atoms with van der Waals surface area (Å²) >= 11 is 0. The van der Waals surface area contributed by atoms with Crippen molar-refractivity contribution < 1.29 is 14.6 Å². The zero-order chi connectivity index (χ0) is 14.2. The Hall–Kier alpha value is -2.59. The number of aliphatic hydroxyl groups is 1. The van der Waals surface area contributed by atoms with Gasteiger partial charge in [0.1, 0.15) is 6.10 Å². The molecule has 1 aliphatic heterocycles. The summed E-state index contributed by atoms with van der Waals surface area (Å²) in [6, 6.07) is 15.2. The molecule has 0 unspecified atom stereocenters. The number of benzene rings is 2. The molecule has 4 heteroatoms. The van der Waals surface area contributed by atoms with Crippen LogP contribution in [-0.2, 0) is 0 Å². The molecule has 1 aliphatic rings. The summed E-state index contributed by atoms with van der Waals surface area (Å²) in [5.41, 5.74) is 1.44. The number of hydrogen-bond donors (Lipinski definition) is 1. The van der Waals surface area contributed by atoms with E-state index in [4.69, 9.17) is 9.47 Å². The molecule has 1 aromatic heterocycles. The second kappa shape index (κ2) is 4.75. The molecular formula is C17H13NO3. The fraction of sp³-hybridized carbons (Fsp3) is 0.118. The predicted octanol–water partition coefficient (Wildman–Crippen LogP) is 3.05. The fourth-order valence-electron chi connectivity index (χ4n) is 2.60. The number of fused-ring (bicyclic) bond motifs is 2. The number of aromatic nitrogens is 1. The van der Waals surface area contributed by atoms with Crippen molar-refractivity contribution in [3.63, 3.8) is 0 Å². The highest BCUT2D eigenvalue weighted by molar-refractivity contribution is 5.88. The van der Waals surface area contributed by atoms with Crippen LogP contribution in [0, 0.1) is 0 Å². The summed E-state index contributed by atoms with van der Waals surface area (Å²) < 4.78 is 10.8. The van der Waals surface area contributed by atoms with Crippen LogP contribution < -0.4 is 9.47 Å². The standard InChI is InChI=1S/C17H13NO3/c19-17(11-4-2-1-3-5-11)16-13-9-15-14(20-10-21-15)8-12(13)6-7-18-16/h1-9,17,19H,10H2/t17-/m0/s1. The minimum atomic E-state index is -0.768. The molecule has 0 bridgehead atoms. The molecule has 4 rings (SSSR count). The van der Waals surface area contributed by atoms with Gasteiger partial charge in [-0.2, -0.15) is 0 Å². The van der Waals surface area contributed by atoms with Crippen molar-refractivity contribution in [1.82, 2.24) is 4.98 Å². The highest BCUT2D eigenvalue weighted by Crippen LogP contribution is 2.38. The highest BCUT2D eigenvalue weighted by Gasteiger charge is 2.19. The Morgan fingerprint density at radius 2 is 1.76 bits per heavy atom. The molecule has 104 valence electrons. The van der Waals surface area contributed by atoms with Crippen molar-refractivity contribution in [1.29, 1.82) is 0 Å². The number of nitrogens with zero attached hydrogens (tertiary/aromatic N) is 1. The second-order valence-corrected chi connectivity index (χ2v) is 4.94. The predicted molar refractivity (Wildman–Crippen MR) is 78.4 cm³/mol. The van der Waals surface area contributed by atoms with Crippen LogP contribution in [0.3, 0.4) is 0 Å². The van der Waals surface area contributed by atoms with E-state index < -0.39 is 6.10 Å². The van der Waals surface area contributed by atoms with Crippen molar-refractivity contribution in [3.8, 4) is 11.5 Å². The maximum atomic E-state index is 10.6. The molecule has 1 atom stereocenters. The summed E-state index contributed by atoms with van der Waals surface area (Å²) in [7, 11) is 0. The summed E-state index contributed by atoms with van der Waals surface area (Å²) in [4.78, 5) is 4.36. The molecule has 2 heterocycles. The number of hydrogen-bond acceptors (Lipinski definition) is 4. The third-order valence-electron chi connectivity index (χ3n) is 3.66. The van der Waals surface area contributed by atoms with Gasteiger partial charge in [0.05, 0.1) is 5.69 Å². The van der Waals surface area contributed by atoms with Crippen molar-refractivity contribution in [3.05, 3.63) is 66.0 Å². The molecule has 0 aliphatic carbocycles. The Labute approximate surface area is 121 Å². The monoisotopic (exact) mass is 279 g/mol. The zero-order valence-electron chi connectivity index (χ0n) is 11.2. The minimum absolute atomic E-state index is 0.232. The van der Waals surface area contributed by atoms with E-state index in [2.05, 4.69) is 4.98 Å². The van der Waals surface area contributed by atoms with Crippen LogP contribution in [-0.4, -0.2) is 16.9 Å². The summed E-state index contributed by atoms with van der Waals surface area (Å²) in [6.45, 7) is 0.232. The molecule has 0 amide bonds. The van der Waals surface area contributed by atoms with E-state index in [1.165, 1.54) is 0 Å². The Morgan fingerprint density at radius 3 is 2.57 bits per heavy atom. The first kappa shape index (κ1) is 12.2. The van der Waals surface area contributed by atoms with Crippen molar-refractivity contribution in [2.45, 2.75) is 6.10 Å². The van der Waals surface area contributed by atoms with Gasteiger partial charge in [-0.05, 0) is 29.1 Å². The Kier molecular flexibility index (Phi) is 2.75. The van der Waals surface area contributed by atoms with Crippen LogP contribution in [0.2, 0.25) is 0 Å². The molecule has 1 N–H and O–H groups in total. The summed E-state index contributed by atoms with van der Waals surface area (Å²) in [6.07, 6.45) is 0.932. The fourth-order valence-corrected chi connectivity index (χ4v) is 2.60. The van der Waals surface area contributed by atoms with Crippen LogP contribution >= 0.6 is 0 Å². The van der Waals surface area contributed by atoms with Gasteiger partial charge in [-0.25, -0.2) is 0 Å². The average molecular weight is 279 g/mol. The molecule has 0 spiro atoms. The third-order valence-corrected chi connectivity index (χ3v) is 3.66. The van der Waals surface area contributed by atoms with E-state index >= 15 is 0 Å². The Morgan fingerprint density at radius 1 is 1.00 bits per heavy atom. The molecule has 0 saturated heterocycles. The van der Waals surface area contributed by atoms with Gasteiger partial charge in [-0.3, -0.25) is 4.98 Å². The van der Waals surface area contributed by atoms with Gasteiger partial charge in [0.25, 0.3) is 0 Å². The maximum Gasteiger partial charge on any atom is 0.231 e. The quantitative estimate of drug-likeness (QED) is 0.783. The molecular weight excluding hydrogens is 266 g/mol. The van der Waals surface area contributed by atoms with Crippen LogP contribution in [0.15, 0.2) is 54.7 Å². The maximum absolute atomic E-state index is 10.6. The van der Waals surface area contributed by atoms with Gasteiger partial charge in [0, 0.05) is 11.6 Å². The molecule has 2 aromatic carbocycles. The third kappa shape index (κ3) is 2.00. The van der Waals surface area contributed by atoms with Gasteiger partial charge in [0.15, 0.2) is 11.5 Å². The topological polar surface area (TPSA) is 51.6 Å². The lowest BCUT2D eigenvalue weighted by molar-refractivity contribution is 0.174. The van der Waals surface area contributed by atoms with Gasteiger partial charge in [-0.15, -0.1) is 0 Å². The second-order valence-electron chi connectivity index (χ2n) is 4.94. The first-order valence-electron chi connectivity index (χ1n) is 6.74. The van der Waals surface area contributed by atoms with E-state index in [0.29, 0.717) is 11.4 Å². The van der Waals surface area contributed by atoms with Crippen LogP contribution in [0.4, 0.5) is 0 Å². The molecule has 0 fully saturated rings. The zero-order valence-corrected chi connectivity index (χ0v) is 11.2. The van der Waals surface area contributed by atoms with Crippen molar-refractivity contribution >= 4 is 10.8 Å². The number of rotatable bonds is 2. The molecule has 0 radical (unpaired) electrons.